The van der Waals surface area contributed by atoms with Crippen LogP contribution in [0.25, 0.3) is 0 Å². The van der Waals surface area contributed by atoms with Gasteiger partial charge in [0.15, 0.2) is 0 Å². The zero-order valence-corrected chi connectivity index (χ0v) is 13.2. The molecule has 0 radical (unpaired) electrons. The molecule has 0 bridgehead atoms. The minimum absolute atomic E-state index is 0.376. The van der Waals surface area contributed by atoms with Crippen LogP contribution in [0, 0.1) is 0 Å². The Morgan fingerprint density at radius 2 is 1.50 bits per heavy atom. The lowest BCUT2D eigenvalue weighted by Crippen LogP contribution is -2.30. The number of allylic oxidation sites excluding steroid dienone is 1. The van der Waals surface area contributed by atoms with Gasteiger partial charge in [0.2, 0.25) is 8.32 Å². The van der Waals surface area contributed by atoms with Crippen molar-refractivity contribution in [2.75, 3.05) is 7.11 Å². The van der Waals surface area contributed by atoms with E-state index in [2.05, 4.69) is 4.74 Å². The van der Waals surface area contributed by atoms with Gasteiger partial charge >= 0.3 is 11.9 Å². The summed E-state index contributed by atoms with van der Waals surface area (Å²) in [5.41, 5.74) is 1.60. The van der Waals surface area contributed by atoms with E-state index in [4.69, 9.17) is 4.43 Å². The summed E-state index contributed by atoms with van der Waals surface area (Å²) < 4.78 is 10.0. The second kappa shape index (κ2) is 6.54. The zero-order valence-electron chi connectivity index (χ0n) is 12.2. The molecule has 4 nitrogen and oxygen atoms in total. The Labute approximate surface area is 110 Å². The van der Waals surface area contributed by atoms with Gasteiger partial charge in [-0.1, -0.05) is 5.57 Å². The largest absolute Gasteiger partial charge is 0.516 e. The van der Waals surface area contributed by atoms with Crippen molar-refractivity contribution in [2.24, 2.45) is 0 Å². The van der Waals surface area contributed by atoms with Crippen LogP contribution in [0.2, 0.25) is 19.6 Å². The van der Waals surface area contributed by atoms with Gasteiger partial charge in [0, 0.05) is 5.57 Å². The Balaban J connectivity index is 5.21. The van der Waals surface area contributed by atoms with Crippen LogP contribution in [0.1, 0.15) is 20.8 Å². The molecular weight excluding hydrogens is 248 g/mol. The molecule has 0 aliphatic carbocycles. The summed E-state index contributed by atoms with van der Waals surface area (Å²) in [4.78, 5) is 23.3. The minimum Gasteiger partial charge on any atom is -0.516 e. The van der Waals surface area contributed by atoms with Gasteiger partial charge in [0.05, 0.1) is 12.7 Å². The summed E-state index contributed by atoms with van der Waals surface area (Å²) in [5, 5.41) is 0. The quantitative estimate of drug-likeness (QED) is 0.341. The molecule has 0 N–H and O–H groups in total. The number of esters is 1. The van der Waals surface area contributed by atoms with Crippen LogP contribution in [-0.2, 0) is 18.8 Å². The second-order valence-electron chi connectivity index (χ2n) is 5.23. The molecule has 0 amide bonds. The Morgan fingerprint density at radius 3 is 1.83 bits per heavy atom. The molecule has 0 aliphatic heterocycles. The third kappa shape index (κ3) is 5.81. The van der Waals surface area contributed by atoms with Gasteiger partial charge in [-0.3, -0.25) is 0 Å². The van der Waals surface area contributed by atoms with Gasteiger partial charge < -0.3 is 9.16 Å². The third-order valence-corrected chi connectivity index (χ3v) is 2.82. The average molecular weight is 270 g/mol. The van der Waals surface area contributed by atoms with Gasteiger partial charge in [0.25, 0.3) is 0 Å². The van der Waals surface area contributed by atoms with Crippen molar-refractivity contribution < 1.29 is 18.8 Å². The minimum atomic E-state index is -1.94. The first-order valence-electron chi connectivity index (χ1n) is 5.76. The van der Waals surface area contributed by atoms with Gasteiger partial charge in [-0.05, 0) is 46.5 Å². The fourth-order valence-electron chi connectivity index (χ4n) is 1.18. The number of hydrogen-bond acceptors (Lipinski definition) is 4. The van der Waals surface area contributed by atoms with Gasteiger partial charge in [-0.25, -0.2) is 9.59 Å². The Morgan fingerprint density at radius 1 is 1.00 bits per heavy atom. The van der Waals surface area contributed by atoms with Gasteiger partial charge in [0.1, 0.15) is 0 Å². The molecule has 0 rings (SSSR count). The van der Waals surface area contributed by atoms with E-state index in [-0.39, 0.29) is 5.97 Å². The van der Waals surface area contributed by atoms with Crippen molar-refractivity contribution in [1.82, 2.24) is 0 Å². The van der Waals surface area contributed by atoms with Crippen molar-refractivity contribution >= 4 is 20.3 Å². The number of rotatable bonds is 4. The van der Waals surface area contributed by atoms with E-state index in [0.717, 1.165) is 5.57 Å². The van der Waals surface area contributed by atoms with Crippen molar-refractivity contribution in [3.63, 3.8) is 0 Å². The maximum Gasteiger partial charge on any atom is 0.333 e. The summed E-state index contributed by atoms with van der Waals surface area (Å²) in [6.07, 6.45) is 1.52. The molecule has 0 atom stereocenters. The van der Waals surface area contributed by atoms with E-state index in [1.807, 2.05) is 33.5 Å². The summed E-state index contributed by atoms with van der Waals surface area (Å²) >= 11 is 0. The molecule has 0 heterocycles. The standard InChI is InChI=1S/C13H22O4Si/c1-9(2)11(8-10(3)12(14)16-4)13(15)17-18(5,6)7/h8H,1-7H3. The Bertz CT molecular complexity index is 396. The molecule has 0 saturated heterocycles. The summed E-state index contributed by atoms with van der Waals surface area (Å²) in [5.74, 6) is -0.827. The molecule has 0 aliphatic rings. The predicted molar refractivity (Wildman–Crippen MR) is 73.6 cm³/mol. The van der Waals surface area contributed by atoms with Crippen LogP contribution in [0.3, 0.4) is 0 Å². The highest BCUT2D eigenvalue weighted by Crippen LogP contribution is 2.15. The predicted octanol–water partition coefficient (Wildman–Crippen LogP) is 2.82. The normalized spacial score (nSPS) is 11.8. The first kappa shape index (κ1) is 16.6. The maximum atomic E-state index is 12.0. The molecular formula is C13H22O4Si. The van der Waals surface area contributed by atoms with E-state index >= 15 is 0 Å². The monoisotopic (exact) mass is 270 g/mol. The number of carbonyl (C=O) groups excluding carboxylic acids is 2. The topological polar surface area (TPSA) is 52.6 Å². The molecule has 0 saturated carbocycles. The van der Waals surface area contributed by atoms with Gasteiger partial charge in [-0.15, -0.1) is 0 Å². The summed E-state index contributed by atoms with van der Waals surface area (Å²) in [6.45, 7) is 11.0. The number of methoxy groups -OCH3 is 1. The fourth-order valence-corrected chi connectivity index (χ4v) is 1.84. The molecule has 0 aromatic heterocycles. The van der Waals surface area contributed by atoms with Crippen molar-refractivity contribution in [3.05, 3.63) is 22.8 Å². The summed E-state index contributed by atoms with van der Waals surface area (Å²) in [6, 6.07) is 0. The Kier molecular flexibility index (Phi) is 6.04. The SMILES string of the molecule is COC(=O)C(C)=CC(C(=O)O[Si](C)(C)C)=C(C)C. The van der Waals surface area contributed by atoms with Crippen LogP contribution < -0.4 is 0 Å². The molecule has 0 fully saturated rings. The molecule has 0 aromatic rings. The number of carbonyl (C=O) groups is 2. The highest BCUT2D eigenvalue weighted by Gasteiger charge is 2.22. The number of hydrogen-bond donors (Lipinski definition) is 0. The first-order valence-corrected chi connectivity index (χ1v) is 9.16. The average Bonchev–Trinajstić information content (AvgIpc) is 2.21. The lowest BCUT2D eigenvalue weighted by atomic mass is 10.1. The van der Waals surface area contributed by atoms with E-state index in [1.54, 1.807) is 6.92 Å². The maximum absolute atomic E-state index is 12.0. The van der Waals surface area contributed by atoms with Crippen molar-refractivity contribution in [2.45, 2.75) is 40.4 Å². The lowest BCUT2D eigenvalue weighted by Gasteiger charge is -2.18. The zero-order chi connectivity index (χ0) is 14.5. The van der Waals surface area contributed by atoms with Crippen LogP contribution in [0.4, 0.5) is 0 Å². The van der Waals surface area contributed by atoms with Crippen molar-refractivity contribution in [1.29, 1.82) is 0 Å². The molecule has 0 aromatic carbocycles. The van der Waals surface area contributed by atoms with E-state index < -0.39 is 14.3 Å². The molecule has 5 heteroatoms. The van der Waals surface area contributed by atoms with Crippen LogP contribution in [-0.4, -0.2) is 27.4 Å². The van der Waals surface area contributed by atoms with Crippen molar-refractivity contribution in [3.8, 4) is 0 Å². The number of ether oxygens (including phenoxy) is 1. The molecule has 0 spiro atoms. The van der Waals surface area contributed by atoms with E-state index in [1.165, 1.54) is 13.2 Å². The molecule has 0 unspecified atom stereocenters. The third-order valence-electron chi connectivity index (χ3n) is 2.03. The molecule has 18 heavy (non-hydrogen) atoms. The lowest BCUT2D eigenvalue weighted by molar-refractivity contribution is -0.136. The second-order valence-corrected chi connectivity index (χ2v) is 9.66. The van der Waals surface area contributed by atoms with E-state index in [9.17, 15) is 9.59 Å². The smallest absolute Gasteiger partial charge is 0.333 e. The first-order chi connectivity index (χ1) is 8.08. The Hall–Kier alpha value is -1.36. The van der Waals surface area contributed by atoms with Crippen LogP contribution >= 0.6 is 0 Å². The molecule has 102 valence electrons. The van der Waals surface area contributed by atoms with Gasteiger partial charge in [-0.2, -0.15) is 0 Å². The highest BCUT2D eigenvalue weighted by molar-refractivity contribution is 6.71. The highest BCUT2D eigenvalue weighted by atomic mass is 28.4. The van der Waals surface area contributed by atoms with E-state index in [0.29, 0.717) is 11.1 Å². The summed E-state index contributed by atoms with van der Waals surface area (Å²) in [7, 11) is -0.637. The van der Waals surface area contributed by atoms with Crippen LogP contribution in [0.5, 0.6) is 0 Å². The van der Waals surface area contributed by atoms with Crippen LogP contribution in [0.15, 0.2) is 22.8 Å². The fraction of sp³-hybridized carbons (Fsp3) is 0.538.